The molecule has 0 saturated heterocycles. The highest BCUT2D eigenvalue weighted by Gasteiger charge is 2.22. The van der Waals surface area contributed by atoms with Crippen molar-refractivity contribution in [2.24, 2.45) is 0 Å². The average molecular weight is 411 g/mol. The summed E-state index contributed by atoms with van der Waals surface area (Å²) in [6.07, 6.45) is 0. The number of amides is 1. The Labute approximate surface area is 159 Å². The smallest absolute Gasteiger partial charge is 0.397 e. The van der Waals surface area contributed by atoms with Crippen molar-refractivity contribution in [3.05, 3.63) is 36.0 Å². The van der Waals surface area contributed by atoms with Gasteiger partial charge in [0.25, 0.3) is 0 Å². The van der Waals surface area contributed by atoms with Gasteiger partial charge in [0.2, 0.25) is 0 Å². The molecule has 1 heterocycles. The molecule has 150 valence electrons. The summed E-state index contributed by atoms with van der Waals surface area (Å²) < 4.78 is 38.8. The van der Waals surface area contributed by atoms with E-state index in [4.69, 9.17) is 0 Å². The molecule has 0 radical (unpaired) electrons. The first-order chi connectivity index (χ1) is 13.3. The fourth-order valence-electron chi connectivity index (χ4n) is 1.97. The van der Waals surface area contributed by atoms with Crippen molar-refractivity contribution < 1.29 is 36.8 Å². The van der Waals surface area contributed by atoms with E-state index in [1.165, 1.54) is 24.3 Å². The summed E-state index contributed by atoms with van der Waals surface area (Å²) in [7, 11) is -3.85. The van der Waals surface area contributed by atoms with Gasteiger partial charge in [-0.15, -0.1) is 0 Å². The molecule has 1 N–H and O–H groups in total. The van der Waals surface area contributed by atoms with Gasteiger partial charge in [0.15, 0.2) is 15.7 Å². The molecule has 0 unspecified atom stereocenters. The van der Waals surface area contributed by atoms with Crippen LogP contribution in [0.1, 0.15) is 30.4 Å². The molecule has 0 fully saturated rings. The van der Waals surface area contributed by atoms with Crippen molar-refractivity contribution in [2.75, 3.05) is 18.5 Å². The van der Waals surface area contributed by atoms with Gasteiger partial charge < -0.3 is 19.3 Å². The molecule has 0 bridgehead atoms. The van der Waals surface area contributed by atoms with Crippen LogP contribution >= 0.6 is 0 Å². The van der Waals surface area contributed by atoms with Crippen LogP contribution in [-0.4, -0.2) is 49.6 Å². The van der Waals surface area contributed by atoms with E-state index >= 15 is 0 Å². The largest absolute Gasteiger partial charge is 0.459 e. The van der Waals surface area contributed by atoms with E-state index in [1.54, 1.807) is 13.8 Å². The second-order valence-electron chi connectivity index (χ2n) is 5.19. The minimum absolute atomic E-state index is 0.0530. The van der Waals surface area contributed by atoms with Crippen molar-refractivity contribution in [2.45, 2.75) is 24.5 Å². The Morgan fingerprint density at radius 3 is 2.32 bits per heavy atom. The van der Waals surface area contributed by atoms with Crippen molar-refractivity contribution >= 4 is 33.4 Å². The fourth-order valence-corrected chi connectivity index (χ4v) is 3.14. The van der Waals surface area contributed by atoms with Gasteiger partial charge in [0.1, 0.15) is 5.75 Å². The standard InChI is InChI=1S/C16H17N3O8S/c1-3-25-15(21)13(20)17-10-5-7-11(8-6-10)28(23,24)9-12-18-14(27-19-12)16(22)26-4-2/h5-8H,3-4,9H2,1-2H3,(H,17,20). The van der Waals surface area contributed by atoms with Crippen LogP contribution in [0.4, 0.5) is 5.69 Å². The molecule has 1 aromatic heterocycles. The Balaban J connectivity index is 2.07. The van der Waals surface area contributed by atoms with Crippen LogP contribution in [0, 0.1) is 0 Å². The third-order valence-electron chi connectivity index (χ3n) is 3.17. The number of sulfone groups is 1. The van der Waals surface area contributed by atoms with E-state index in [0.717, 1.165) is 0 Å². The average Bonchev–Trinajstić information content (AvgIpc) is 3.10. The lowest BCUT2D eigenvalue weighted by atomic mass is 10.3. The monoisotopic (exact) mass is 411 g/mol. The molecule has 1 amide bonds. The zero-order valence-corrected chi connectivity index (χ0v) is 15.8. The number of aromatic nitrogens is 2. The van der Waals surface area contributed by atoms with Crippen molar-refractivity contribution in [1.29, 1.82) is 0 Å². The third-order valence-corrected chi connectivity index (χ3v) is 4.80. The fraction of sp³-hybridized carbons (Fsp3) is 0.312. The number of nitrogens with one attached hydrogen (secondary N) is 1. The first-order valence-electron chi connectivity index (χ1n) is 8.07. The van der Waals surface area contributed by atoms with Gasteiger partial charge in [-0.25, -0.2) is 18.0 Å². The molecule has 12 heteroatoms. The van der Waals surface area contributed by atoms with Gasteiger partial charge >= 0.3 is 23.7 Å². The number of benzene rings is 1. The number of hydrogen-bond donors (Lipinski definition) is 1. The molecule has 2 aromatic rings. The number of rotatable bonds is 7. The van der Waals surface area contributed by atoms with Gasteiger partial charge in [-0.3, -0.25) is 4.79 Å². The highest BCUT2D eigenvalue weighted by atomic mass is 32.2. The quantitative estimate of drug-likeness (QED) is 0.509. The first-order valence-corrected chi connectivity index (χ1v) is 9.72. The van der Waals surface area contributed by atoms with Crippen molar-refractivity contribution in [3.8, 4) is 0 Å². The molecule has 0 saturated carbocycles. The molecule has 0 atom stereocenters. The van der Waals surface area contributed by atoms with E-state index < -0.39 is 39.3 Å². The SMILES string of the molecule is CCOC(=O)C(=O)Nc1ccc(S(=O)(=O)Cc2noc(C(=O)OCC)n2)cc1. The van der Waals surface area contributed by atoms with E-state index in [0.29, 0.717) is 0 Å². The van der Waals surface area contributed by atoms with Crippen LogP contribution in [0.5, 0.6) is 0 Å². The Bertz CT molecular complexity index is 966. The van der Waals surface area contributed by atoms with Gasteiger partial charge in [-0.05, 0) is 38.1 Å². The molecular weight excluding hydrogens is 394 g/mol. The number of hydrogen-bond acceptors (Lipinski definition) is 10. The number of anilines is 1. The van der Waals surface area contributed by atoms with Crippen molar-refractivity contribution in [1.82, 2.24) is 10.1 Å². The summed E-state index contributed by atoms with van der Waals surface area (Å²) in [5, 5.41) is 5.73. The maximum absolute atomic E-state index is 12.4. The van der Waals surface area contributed by atoms with Crippen LogP contribution < -0.4 is 5.32 Å². The Kier molecular flexibility index (Phi) is 6.82. The lowest BCUT2D eigenvalue weighted by Gasteiger charge is -2.06. The summed E-state index contributed by atoms with van der Waals surface area (Å²) in [6, 6.07) is 5.10. The van der Waals surface area contributed by atoms with Crippen LogP contribution in [0.25, 0.3) is 0 Å². The number of nitrogens with zero attached hydrogens (tertiary/aromatic N) is 2. The van der Waals surface area contributed by atoms with Crippen LogP contribution in [0.3, 0.4) is 0 Å². The predicted octanol–water partition coefficient (Wildman–Crippen LogP) is 0.722. The maximum atomic E-state index is 12.4. The highest BCUT2D eigenvalue weighted by molar-refractivity contribution is 7.90. The number of carbonyl (C=O) groups excluding carboxylic acids is 3. The summed E-state index contributed by atoms with van der Waals surface area (Å²) in [6.45, 7) is 3.31. The zero-order valence-electron chi connectivity index (χ0n) is 15.0. The summed E-state index contributed by atoms with van der Waals surface area (Å²) >= 11 is 0. The predicted molar refractivity (Wildman–Crippen MR) is 92.8 cm³/mol. The summed E-state index contributed by atoms with van der Waals surface area (Å²) in [5.74, 6) is -4.12. The second-order valence-corrected chi connectivity index (χ2v) is 7.18. The number of ether oxygens (including phenoxy) is 2. The number of esters is 2. The van der Waals surface area contributed by atoms with Gasteiger partial charge in [0, 0.05) is 5.69 Å². The molecule has 0 aliphatic rings. The van der Waals surface area contributed by atoms with E-state index in [-0.39, 0.29) is 29.6 Å². The molecule has 0 spiro atoms. The van der Waals surface area contributed by atoms with Crippen LogP contribution in [0.2, 0.25) is 0 Å². The van der Waals surface area contributed by atoms with Gasteiger partial charge in [0.05, 0.1) is 18.1 Å². The van der Waals surface area contributed by atoms with Crippen LogP contribution in [0.15, 0.2) is 33.7 Å². The molecule has 0 aliphatic heterocycles. The first kappa shape index (κ1) is 21.0. The third kappa shape index (κ3) is 5.36. The van der Waals surface area contributed by atoms with Gasteiger partial charge in [-0.2, -0.15) is 4.98 Å². The number of carbonyl (C=O) groups is 3. The lowest BCUT2D eigenvalue weighted by Crippen LogP contribution is -2.24. The molecule has 0 aliphatic carbocycles. The molecule has 2 rings (SSSR count). The Hall–Kier alpha value is -3.28. The highest BCUT2D eigenvalue weighted by Crippen LogP contribution is 2.18. The van der Waals surface area contributed by atoms with Gasteiger partial charge in [-0.1, -0.05) is 5.16 Å². The summed E-state index contributed by atoms with van der Waals surface area (Å²) in [5.41, 5.74) is 0.209. The van der Waals surface area contributed by atoms with Crippen molar-refractivity contribution in [3.63, 3.8) is 0 Å². The summed E-state index contributed by atoms with van der Waals surface area (Å²) in [4.78, 5) is 37.9. The Morgan fingerprint density at radius 2 is 1.71 bits per heavy atom. The molecule has 28 heavy (non-hydrogen) atoms. The molecular formula is C16H17N3O8S. The zero-order chi connectivity index (χ0) is 20.7. The Morgan fingerprint density at radius 1 is 1.07 bits per heavy atom. The lowest BCUT2D eigenvalue weighted by molar-refractivity contribution is -0.152. The minimum atomic E-state index is -3.85. The minimum Gasteiger partial charge on any atom is -0.459 e. The second kappa shape index (κ2) is 9.08. The maximum Gasteiger partial charge on any atom is 0.397 e. The van der Waals surface area contributed by atoms with E-state index in [2.05, 4.69) is 29.5 Å². The topological polar surface area (TPSA) is 155 Å². The molecule has 11 nitrogen and oxygen atoms in total. The van der Waals surface area contributed by atoms with E-state index in [1.807, 2.05) is 0 Å². The van der Waals surface area contributed by atoms with Crippen LogP contribution in [-0.2, 0) is 34.7 Å². The normalized spacial score (nSPS) is 10.9. The molecule has 1 aromatic carbocycles. The van der Waals surface area contributed by atoms with E-state index in [9.17, 15) is 22.8 Å².